The average molecular weight is 521 g/mol. The molecule has 29 heavy (non-hydrogen) atoms. The van der Waals surface area contributed by atoms with Crippen LogP contribution < -0.4 is 0 Å². The SMILES string of the molecule is OCC(CO)(CO)COCC(CO)(CO)CO.Oc1c(Cl)c(Cl)c(Cl)c(Cl)c1Cl. The Hall–Kier alpha value is 0.190. The first-order valence-corrected chi connectivity index (χ1v) is 9.86. The van der Waals surface area contributed by atoms with E-state index in [1.54, 1.807) is 0 Å². The monoisotopic (exact) mass is 518 g/mol. The van der Waals surface area contributed by atoms with Gasteiger partial charge < -0.3 is 40.5 Å². The molecule has 1 aromatic rings. The third kappa shape index (κ3) is 7.68. The highest BCUT2D eigenvalue weighted by atomic mass is 35.5. The molecule has 0 radical (unpaired) electrons. The molecule has 0 aliphatic heterocycles. The van der Waals surface area contributed by atoms with Crippen molar-refractivity contribution >= 4 is 58.0 Å². The molecule has 0 bridgehead atoms. The van der Waals surface area contributed by atoms with Gasteiger partial charge in [-0.15, -0.1) is 0 Å². The molecule has 0 spiro atoms. The van der Waals surface area contributed by atoms with Crippen molar-refractivity contribution in [1.82, 2.24) is 0 Å². The van der Waals surface area contributed by atoms with Crippen LogP contribution in [-0.4, -0.2) is 88.6 Å². The fraction of sp³-hybridized carbons (Fsp3) is 0.625. The van der Waals surface area contributed by atoms with E-state index in [4.69, 9.17) is 93.4 Å². The van der Waals surface area contributed by atoms with Gasteiger partial charge in [0.05, 0.1) is 78.8 Å². The predicted molar refractivity (Wildman–Crippen MR) is 111 cm³/mol. The maximum atomic E-state index is 9.20. The highest BCUT2D eigenvalue weighted by Gasteiger charge is 2.32. The molecule has 170 valence electrons. The van der Waals surface area contributed by atoms with Gasteiger partial charge in [0, 0.05) is 0 Å². The first-order valence-electron chi connectivity index (χ1n) is 7.97. The Morgan fingerprint density at radius 1 is 0.517 bits per heavy atom. The van der Waals surface area contributed by atoms with E-state index >= 15 is 0 Å². The number of ether oxygens (including phenoxy) is 1. The largest absolute Gasteiger partial charge is 0.505 e. The minimum atomic E-state index is -1.16. The van der Waals surface area contributed by atoms with Gasteiger partial charge in [-0.3, -0.25) is 0 Å². The molecule has 13 heteroatoms. The van der Waals surface area contributed by atoms with Gasteiger partial charge in [-0.2, -0.15) is 0 Å². The van der Waals surface area contributed by atoms with Crippen molar-refractivity contribution in [2.24, 2.45) is 10.8 Å². The fourth-order valence-corrected chi connectivity index (χ4v) is 2.78. The molecule has 0 aromatic heterocycles. The number of phenolic OH excluding ortho intramolecular Hbond substituents is 1. The summed E-state index contributed by atoms with van der Waals surface area (Å²) in [6, 6.07) is 0. The van der Waals surface area contributed by atoms with Crippen LogP contribution in [0.4, 0.5) is 0 Å². The van der Waals surface area contributed by atoms with Crippen LogP contribution in [0.1, 0.15) is 0 Å². The lowest BCUT2D eigenvalue weighted by atomic mass is 9.91. The number of halogens is 5. The molecule has 0 saturated heterocycles. The summed E-state index contributed by atoms with van der Waals surface area (Å²) in [6.45, 7) is -3.01. The van der Waals surface area contributed by atoms with Gasteiger partial charge in [-0.05, 0) is 0 Å². The van der Waals surface area contributed by atoms with E-state index in [0.29, 0.717) is 0 Å². The topological polar surface area (TPSA) is 151 Å². The van der Waals surface area contributed by atoms with Gasteiger partial charge in [0.2, 0.25) is 0 Å². The number of aromatic hydroxyl groups is 1. The van der Waals surface area contributed by atoms with Crippen LogP contribution in [0.15, 0.2) is 0 Å². The van der Waals surface area contributed by atoms with E-state index < -0.39 is 50.5 Å². The van der Waals surface area contributed by atoms with Gasteiger partial charge in [0.25, 0.3) is 0 Å². The minimum absolute atomic E-state index is 0.00904. The molecule has 0 fully saturated rings. The van der Waals surface area contributed by atoms with Gasteiger partial charge in [-0.25, -0.2) is 0 Å². The summed E-state index contributed by atoms with van der Waals surface area (Å²) in [5.74, 6) is -0.363. The first-order chi connectivity index (χ1) is 13.5. The zero-order valence-corrected chi connectivity index (χ0v) is 18.9. The van der Waals surface area contributed by atoms with Crippen LogP contribution in [0.5, 0.6) is 5.75 Å². The van der Waals surface area contributed by atoms with Crippen molar-refractivity contribution in [3.8, 4) is 5.75 Å². The highest BCUT2D eigenvalue weighted by molar-refractivity contribution is 6.55. The summed E-state index contributed by atoms with van der Waals surface area (Å²) in [7, 11) is 0. The van der Waals surface area contributed by atoms with Crippen molar-refractivity contribution in [1.29, 1.82) is 0 Å². The predicted octanol–water partition coefficient (Wildman–Crippen LogP) is 1.59. The van der Waals surface area contributed by atoms with E-state index in [0.717, 1.165) is 0 Å². The van der Waals surface area contributed by atoms with Gasteiger partial charge in [0.1, 0.15) is 10.0 Å². The lowest BCUT2D eigenvalue weighted by Gasteiger charge is -2.31. The van der Waals surface area contributed by atoms with Crippen molar-refractivity contribution in [2.45, 2.75) is 0 Å². The highest BCUT2D eigenvalue weighted by Crippen LogP contribution is 2.47. The van der Waals surface area contributed by atoms with E-state index in [1.807, 2.05) is 0 Å². The lowest BCUT2D eigenvalue weighted by Crippen LogP contribution is -2.43. The van der Waals surface area contributed by atoms with E-state index in [-0.39, 0.29) is 44.1 Å². The summed E-state index contributed by atoms with van der Waals surface area (Å²) in [4.78, 5) is 0. The lowest BCUT2D eigenvalue weighted by molar-refractivity contribution is -0.103. The van der Waals surface area contributed by atoms with Crippen LogP contribution in [0.25, 0.3) is 0 Å². The maximum absolute atomic E-state index is 9.20. The Balaban J connectivity index is 0.000000571. The number of benzene rings is 1. The summed E-state index contributed by atoms with van der Waals surface area (Å²) >= 11 is 27.9. The van der Waals surface area contributed by atoms with Crippen molar-refractivity contribution in [2.75, 3.05) is 52.9 Å². The fourth-order valence-electron chi connectivity index (χ4n) is 1.65. The smallest absolute Gasteiger partial charge is 0.155 e. The van der Waals surface area contributed by atoms with Crippen molar-refractivity contribution in [3.63, 3.8) is 0 Å². The Morgan fingerprint density at radius 3 is 1.00 bits per heavy atom. The molecule has 0 amide bonds. The first kappa shape index (κ1) is 29.2. The second kappa shape index (κ2) is 13.6. The van der Waals surface area contributed by atoms with Crippen molar-refractivity contribution in [3.05, 3.63) is 25.1 Å². The zero-order chi connectivity index (χ0) is 22.8. The van der Waals surface area contributed by atoms with Crippen LogP contribution in [0.3, 0.4) is 0 Å². The average Bonchev–Trinajstić information content (AvgIpc) is 2.76. The molecule has 8 nitrogen and oxygen atoms in total. The van der Waals surface area contributed by atoms with Crippen molar-refractivity contribution < 1.29 is 40.5 Å². The number of aliphatic hydroxyl groups excluding tert-OH is 6. The van der Waals surface area contributed by atoms with Crippen LogP contribution in [0.2, 0.25) is 25.1 Å². The third-order valence-corrected chi connectivity index (χ3v) is 6.27. The summed E-state index contributed by atoms with van der Waals surface area (Å²) in [5.41, 5.74) is -2.32. The van der Waals surface area contributed by atoms with Crippen LogP contribution >= 0.6 is 58.0 Å². The number of aliphatic hydroxyl groups is 6. The van der Waals surface area contributed by atoms with E-state index in [1.165, 1.54) is 0 Å². The second-order valence-electron chi connectivity index (χ2n) is 6.36. The normalized spacial score (nSPS) is 12.0. The van der Waals surface area contributed by atoms with E-state index in [9.17, 15) is 5.11 Å². The summed E-state index contributed by atoms with van der Waals surface area (Å²) in [5, 5.41) is 63.2. The molecule has 1 rings (SSSR count). The molecule has 0 aliphatic rings. The molecule has 1 aromatic carbocycles. The Bertz CT molecular complexity index is 497. The molecular weight excluding hydrogens is 497 g/mol. The van der Waals surface area contributed by atoms with Crippen LogP contribution in [-0.2, 0) is 4.74 Å². The van der Waals surface area contributed by atoms with Crippen LogP contribution in [0, 0.1) is 10.8 Å². The Morgan fingerprint density at radius 2 is 0.759 bits per heavy atom. The molecule has 0 heterocycles. The number of hydrogen-bond acceptors (Lipinski definition) is 8. The minimum Gasteiger partial charge on any atom is -0.505 e. The van der Waals surface area contributed by atoms with Gasteiger partial charge in [-0.1, -0.05) is 58.0 Å². The van der Waals surface area contributed by atoms with E-state index in [2.05, 4.69) is 0 Å². The quantitative estimate of drug-likeness (QED) is 0.182. The maximum Gasteiger partial charge on any atom is 0.155 e. The summed E-state index contributed by atoms with van der Waals surface area (Å²) in [6.07, 6.45) is 0. The molecule has 0 atom stereocenters. The number of phenols is 1. The third-order valence-electron chi connectivity index (χ3n) is 4.02. The Kier molecular flexibility index (Phi) is 13.7. The number of hydrogen-bond donors (Lipinski definition) is 7. The van der Waals surface area contributed by atoms with Gasteiger partial charge in [0.15, 0.2) is 5.75 Å². The molecule has 0 unspecified atom stereocenters. The van der Waals surface area contributed by atoms with Gasteiger partial charge >= 0.3 is 0 Å². The molecule has 0 saturated carbocycles. The zero-order valence-electron chi connectivity index (χ0n) is 15.1. The second-order valence-corrected chi connectivity index (χ2v) is 8.25. The molecular formula is C16H23Cl5O8. The standard InChI is InChI=1S/C10H22O7.C6HCl5O/c11-1-9(2-12,3-13)7-17-8-10(4-14,5-15)6-16;7-1-2(8)4(10)6(12)5(11)3(1)9/h11-16H,1-8H2;12H. The molecule has 0 aliphatic carbocycles. The number of rotatable bonds is 10. The Labute approximate surface area is 192 Å². The summed E-state index contributed by atoms with van der Waals surface area (Å²) < 4.78 is 5.15. The molecule has 7 N–H and O–H groups in total.